The highest BCUT2D eigenvalue weighted by atomic mass is 16.3. The topological polar surface area (TPSA) is 51.2 Å². The monoisotopic (exact) mass is 232 g/mol. The highest BCUT2D eigenvalue weighted by Crippen LogP contribution is 2.32. The lowest BCUT2D eigenvalue weighted by atomic mass is 9.93. The Bertz CT molecular complexity index is 475. The predicted molar refractivity (Wildman–Crippen MR) is 63.4 cm³/mol. The molecule has 0 aliphatic heterocycles. The van der Waals surface area contributed by atoms with Gasteiger partial charge in [0.1, 0.15) is 0 Å². The largest absolute Gasteiger partial charge is 0.461 e. The van der Waals surface area contributed by atoms with Crippen molar-refractivity contribution in [3.63, 3.8) is 0 Å². The Morgan fingerprint density at radius 2 is 2.35 bits per heavy atom. The molecule has 2 heterocycles. The highest BCUT2D eigenvalue weighted by Gasteiger charge is 2.24. The van der Waals surface area contributed by atoms with Crippen molar-refractivity contribution in [3.05, 3.63) is 30.8 Å². The first-order valence-electron chi connectivity index (χ1n) is 6.09. The molecule has 90 valence electrons. The molecule has 0 saturated heterocycles. The molecule has 4 nitrogen and oxygen atoms in total. The van der Waals surface area contributed by atoms with Crippen LogP contribution in [0.2, 0.25) is 0 Å². The molecule has 0 amide bonds. The van der Waals surface area contributed by atoms with Crippen molar-refractivity contribution >= 4 is 0 Å². The van der Waals surface area contributed by atoms with E-state index in [4.69, 9.17) is 4.42 Å². The van der Waals surface area contributed by atoms with E-state index in [9.17, 15) is 5.11 Å². The number of hydrogen-bond acceptors (Lipinski definition) is 3. The van der Waals surface area contributed by atoms with Gasteiger partial charge in [-0.1, -0.05) is 0 Å². The first-order valence-corrected chi connectivity index (χ1v) is 6.09. The Hall–Kier alpha value is -1.55. The van der Waals surface area contributed by atoms with E-state index < -0.39 is 0 Å². The van der Waals surface area contributed by atoms with E-state index in [-0.39, 0.29) is 6.10 Å². The quantitative estimate of drug-likeness (QED) is 0.865. The summed E-state index contributed by atoms with van der Waals surface area (Å²) in [5.74, 6) is 1.64. The number of hydrogen-bond donors (Lipinski definition) is 1. The number of imidazole rings is 1. The van der Waals surface area contributed by atoms with E-state index >= 15 is 0 Å². The van der Waals surface area contributed by atoms with Crippen LogP contribution >= 0.6 is 0 Å². The Balaban J connectivity index is 1.91. The van der Waals surface area contributed by atoms with Crippen LogP contribution in [0.4, 0.5) is 0 Å². The smallest absolute Gasteiger partial charge is 0.176 e. The standard InChI is InChI=1S/C13H16N2O2/c16-11-4-1-3-10(9-11)15-7-6-14-13(15)12-5-2-8-17-12/h2,5-8,10-11,16H,1,3-4,9H2/t10-,11-/m1/s1. The van der Waals surface area contributed by atoms with E-state index in [1.807, 2.05) is 18.3 Å². The number of aromatic nitrogens is 2. The van der Waals surface area contributed by atoms with Gasteiger partial charge in [-0.3, -0.25) is 0 Å². The molecule has 1 aliphatic rings. The average molecular weight is 232 g/mol. The zero-order chi connectivity index (χ0) is 11.7. The lowest BCUT2D eigenvalue weighted by molar-refractivity contribution is 0.104. The van der Waals surface area contributed by atoms with Crippen molar-refractivity contribution in [3.8, 4) is 11.6 Å². The van der Waals surface area contributed by atoms with Crippen molar-refractivity contribution in [2.24, 2.45) is 0 Å². The lowest BCUT2D eigenvalue weighted by Gasteiger charge is -2.27. The van der Waals surface area contributed by atoms with Crippen molar-refractivity contribution in [2.75, 3.05) is 0 Å². The van der Waals surface area contributed by atoms with Crippen LogP contribution in [0.3, 0.4) is 0 Å². The minimum Gasteiger partial charge on any atom is -0.461 e. The number of furan rings is 1. The van der Waals surface area contributed by atoms with E-state index in [0.29, 0.717) is 6.04 Å². The fourth-order valence-corrected chi connectivity index (χ4v) is 2.60. The van der Waals surface area contributed by atoms with Crippen LogP contribution < -0.4 is 0 Å². The molecule has 2 atom stereocenters. The lowest BCUT2D eigenvalue weighted by Crippen LogP contribution is -2.22. The van der Waals surface area contributed by atoms with Crippen LogP contribution in [0.5, 0.6) is 0 Å². The van der Waals surface area contributed by atoms with Crippen LogP contribution in [-0.2, 0) is 0 Å². The van der Waals surface area contributed by atoms with Crippen molar-refractivity contribution in [1.29, 1.82) is 0 Å². The fourth-order valence-electron chi connectivity index (χ4n) is 2.60. The maximum Gasteiger partial charge on any atom is 0.176 e. The van der Waals surface area contributed by atoms with E-state index in [2.05, 4.69) is 9.55 Å². The van der Waals surface area contributed by atoms with Crippen LogP contribution in [0.25, 0.3) is 11.6 Å². The molecule has 1 N–H and O–H groups in total. The van der Waals surface area contributed by atoms with Crippen LogP contribution in [-0.4, -0.2) is 20.8 Å². The van der Waals surface area contributed by atoms with Gasteiger partial charge in [0.25, 0.3) is 0 Å². The molecular formula is C13H16N2O2. The normalized spacial score (nSPS) is 25.0. The molecule has 3 rings (SSSR count). The molecule has 4 heteroatoms. The summed E-state index contributed by atoms with van der Waals surface area (Å²) in [4.78, 5) is 4.35. The van der Waals surface area contributed by atoms with Gasteiger partial charge in [0.05, 0.1) is 12.4 Å². The summed E-state index contributed by atoms with van der Waals surface area (Å²) >= 11 is 0. The number of rotatable bonds is 2. The molecule has 1 aliphatic carbocycles. The molecule has 2 aromatic heterocycles. The summed E-state index contributed by atoms with van der Waals surface area (Å²) < 4.78 is 7.52. The van der Waals surface area contributed by atoms with Crippen LogP contribution in [0, 0.1) is 0 Å². The van der Waals surface area contributed by atoms with Gasteiger partial charge in [-0.15, -0.1) is 0 Å². The third-order valence-corrected chi connectivity index (χ3v) is 3.42. The van der Waals surface area contributed by atoms with Gasteiger partial charge in [0, 0.05) is 18.4 Å². The van der Waals surface area contributed by atoms with Crippen molar-refractivity contribution in [2.45, 2.75) is 37.8 Å². The Kier molecular flexibility index (Phi) is 2.73. The minimum atomic E-state index is -0.180. The summed E-state index contributed by atoms with van der Waals surface area (Å²) in [7, 11) is 0. The van der Waals surface area contributed by atoms with Gasteiger partial charge in [0.2, 0.25) is 0 Å². The van der Waals surface area contributed by atoms with E-state index in [0.717, 1.165) is 37.3 Å². The summed E-state index contributed by atoms with van der Waals surface area (Å²) in [6.45, 7) is 0. The van der Waals surface area contributed by atoms with Gasteiger partial charge in [-0.2, -0.15) is 0 Å². The zero-order valence-corrected chi connectivity index (χ0v) is 9.62. The Morgan fingerprint density at radius 3 is 3.12 bits per heavy atom. The maximum atomic E-state index is 9.74. The van der Waals surface area contributed by atoms with Gasteiger partial charge >= 0.3 is 0 Å². The summed E-state index contributed by atoms with van der Waals surface area (Å²) in [5, 5.41) is 9.74. The van der Waals surface area contributed by atoms with Gasteiger partial charge in [-0.05, 0) is 37.8 Å². The summed E-state index contributed by atoms with van der Waals surface area (Å²) in [5.41, 5.74) is 0. The van der Waals surface area contributed by atoms with Crippen molar-refractivity contribution < 1.29 is 9.52 Å². The molecule has 0 unspecified atom stereocenters. The third-order valence-electron chi connectivity index (χ3n) is 3.42. The Labute approximate surface area is 99.9 Å². The molecule has 0 spiro atoms. The van der Waals surface area contributed by atoms with E-state index in [1.165, 1.54) is 0 Å². The third kappa shape index (κ3) is 2.00. The van der Waals surface area contributed by atoms with Crippen LogP contribution in [0.1, 0.15) is 31.7 Å². The van der Waals surface area contributed by atoms with Crippen molar-refractivity contribution in [1.82, 2.24) is 9.55 Å². The van der Waals surface area contributed by atoms with Gasteiger partial charge in [0.15, 0.2) is 11.6 Å². The molecule has 1 saturated carbocycles. The second-order valence-corrected chi connectivity index (χ2v) is 4.61. The Morgan fingerprint density at radius 1 is 1.41 bits per heavy atom. The van der Waals surface area contributed by atoms with Crippen LogP contribution in [0.15, 0.2) is 35.2 Å². The first-order chi connectivity index (χ1) is 8.34. The predicted octanol–water partition coefficient (Wildman–Crippen LogP) is 2.62. The molecule has 1 fully saturated rings. The maximum absolute atomic E-state index is 9.74. The SMILES string of the molecule is O[C@@H]1CCC[C@@H](n2ccnc2-c2ccco2)C1. The van der Waals surface area contributed by atoms with E-state index in [1.54, 1.807) is 12.5 Å². The second kappa shape index (κ2) is 4.37. The molecule has 0 aromatic carbocycles. The molecule has 0 radical (unpaired) electrons. The number of nitrogens with zero attached hydrogens (tertiary/aromatic N) is 2. The summed E-state index contributed by atoms with van der Waals surface area (Å²) in [6.07, 6.45) is 9.14. The molecular weight excluding hydrogens is 216 g/mol. The molecule has 17 heavy (non-hydrogen) atoms. The fraction of sp³-hybridized carbons (Fsp3) is 0.462. The minimum absolute atomic E-state index is 0.180. The molecule has 0 bridgehead atoms. The molecule has 2 aromatic rings. The number of aliphatic hydroxyl groups is 1. The summed E-state index contributed by atoms with van der Waals surface area (Å²) in [6, 6.07) is 4.11. The zero-order valence-electron chi connectivity index (χ0n) is 9.62. The van der Waals surface area contributed by atoms with Gasteiger partial charge < -0.3 is 14.1 Å². The second-order valence-electron chi connectivity index (χ2n) is 4.61. The highest BCUT2D eigenvalue weighted by molar-refractivity contribution is 5.47. The van der Waals surface area contributed by atoms with Gasteiger partial charge in [-0.25, -0.2) is 4.98 Å². The average Bonchev–Trinajstić information content (AvgIpc) is 3.00. The number of aliphatic hydroxyl groups excluding tert-OH is 1. The first kappa shape index (κ1) is 10.6.